The molecule has 3 aromatic rings. The molecule has 4 rings (SSSR count). The summed E-state index contributed by atoms with van der Waals surface area (Å²) < 4.78 is 32.9. The summed E-state index contributed by atoms with van der Waals surface area (Å²) in [6.07, 6.45) is 1.67. The Hall–Kier alpha value is -3.70. The summed E-state index contributed by atoms with van der Waals surface area (Å²) in [5.41, 5.74) is -0.425. The van der Waals surface area contributed by atoms with Gasteiger partial charge in [0.15, 0.2) is 11.4 Å². The van der Waals surface area contributed by atoms with Crippen molar-refractivity contribution in [3.8, 4) is 17.2 Å². The van der Waals surface area contributed by atoms with Crippen molar-refractivity contribution in [3.05, 3.63) is 70.6 Å². The lowest BCUT2D eigenvalue weighted by molar-refractivity contribution is 0.101. The monoisotopic (exact) mass is 470 g/mol. The normalized spacial score (nSPS) is 14.2. The Morgan fingerprint density at radius 2 is 1.76 bits per heavy atom. The van der Waals surface area contributed by atoms with Gasteiger partial charge in [-0.2, -0.15) is 14.1 Å². The summed E-state index contributed by atoms with van der Waals surface area (Å²) in [6, 6.07) is 13.2. The minimum Gasteiger partial charge on any atom is -0.505 e. The number of anilines is 1. The molecule has 1 aliphatic rings. The van der Waals surface area contributed by atoms with E-state index >= 15 is 0 Å². The second kappa shape index (κ2) is 9.04. The van der Waals surface area contributed by atoms with Gasteiger partial charge in [0.1, 0.15) is 11.4 Å². The minimum absolute atomic E-state index is 0.132. The summed E-state index contributed by atoms with van der Waals surface area (Å²) in [7, 11) is -2.14. The fraction of sp³-hybridized carbons (Fsp3) is 0.227. The van der Waals surface area contributed by atoms with E-state index in [0.717, 1.165) is 23.6 Å². The van der Waals surface area contributed by atoms with E-state index in [0.29, 0.717) is 30.2 Å². The zero-order chi connectivity index (χ0) is 23.6. The highest BCUT2D eigenvalue weighted by molar-refractivity contribution is 7.89. The van der Waals surface area contributed by atoms with Crippen LogP contribution in [-0.4, -0.2) is 53.7 Å². The zero-order valence-electron chi connectivity index (χ0n) is 17.8. The molecule has 1 saturated heterocycles. The lowest BCUT2D eigenvalue weighted by atomic mass is 10.2. The number of rotatable bonds is 6. The van der Waals surface area contributed by atoms with Gasteiger partial charge in [-0.05, 0) is 49.2 Å². The first-order valence-electron chi connectivity index (χ1n) is 10.2. The number of hydrogen-bond donors (Lipinski definition) is 2. The molecular weight excluding hydrogens is 448 g/mol. The van der Waals surface area contributed by atoms with Crippen molar-refractivity contribution in [2.45, 2.75) is 17.7 Å². The van der Waals surface area contributed by atoms with Gasteiger partial charge in [-0.1, -0.05) is 12.1 Å². The lowest BCUT2D eigenvalue weighted by Gasteiger charge is -2.15. The van der Waals surface area contributed by atoms with Crippen molar-refractivity contribution in [1.29, 1.82) is 0 Å². The van der Waals surface area contributed by atoms with Crippen LogP contribution in [0.5, 0.6) is 11.5 Å². The topological polar surface area (TPSA) is 131 Å². The van der Waals surface area contributed by atoms with Crippen LogP contribution >= 0.6 is 0 Å². The molecule has 0 spiro atoms. The van der Waals surface area contributed by atoms with Crippen molar-refractivity contribution in [2.24, 2.45) is 0 Å². The number of para-hydroxylation sites is 2. The first-order valence-corrected chi connectivity index (χ1v) is 11.6. The van der Waals surface area contributed by atoms with Crippen LogP contribution in [0.25, 0.3) is 5.69 Å². The smallest absolute Gasteiger partial charge is 0.279 e. The van der Waals surface area contributed by atoms with E-state index in [-0.39, 0.29) is 10.6 Å². The number of amides is 1. The van der Waals surface area contributed by atoms with Crippen molar-refractivity contribution in [3.63, 3.8) is 0 Å². The molecule has 2 heterocycles. The Balaban J connectivity index is 1.59. The Morgan fingerprint density at radius 3 is 2.42 bits per heavy atom. The molecule has 11 heteroatoms. The van der Waals surface area contributed by atoms with Gasteiger partial charge in [-0.3, -0.25) is 9.59 Å². The molecule has 0 saturated carbocycles. The lowest BCUT2D eigenvalue weighted by Crippen LogP contribution is -2.27. The number of nitrogens with zero attached hydrogens (tertiary/aromatic N) is 3. The van der Waals surface area contributed by atoms with E-state index in [2.05, 4.69) is 10.4 Å². The third-order valence-electron chi connectivity index (χ3n) is 5.25. The Morgan fingerprint density at radius 1 is 1.09 bits per heavy atom. The van der Waals surface area contributed by atoms with E-state index in [1.807, 2.05) is 0 Å². The molecule has 0 radical (unpaired) electrons. The number of aromatic nitrogens is 2. The third-order valence-corrected chi connectivity index (χ3v) is 7.17. The zero-order valence-corrected chi connectivity index (χ0v) is 18.6. The second-order valence-electron chi connectivity index (χ2n) is 7.39. The van der Waals surface area contributed by atoms with Gasteiger partial charge in [0.2, 0.25) is 10.0 Å². The van der Waals surface area contributed by atoms with Gasteiger partial charge in [0.05, 0.1) is 12.0 Å². The summed E-state index contributed by atoms with van der Waals surface area (Å²) in [5, 5.41) is 16.7. The maximum Gasteiger partial charge on any atom is 0.279 e. The molecule has 33 heavy (non-hydrogen) atoms. The van der Waals surface area contributed by atoms with Crippen LogP contribution < -0.4 is 15.6 Å². The molecule has 2 N–H and O–H groups in total. The maximum absolute atomic E-state index is 12.8. The standard InChI is InChI=1S/C22H22N4O6S/c1-32-19-7-3-2-6-17(19)26-20(28)14-18(27)21(24-26)22(29)23-15-8-10-16(11-9-15)33(30,31)25-12-4-5-13-25/h2-3,6-11,14,27H,4-5,12-13H2,1H3,(H,23,29). The van der Waals surface area contributed by atoms with Gasteiger partial charge in [-0.25, -0.2) is 8.42 Å². The van der Waals surface area contributed by atoms with Crippen LogP contribution in [0.15, 0.2) is 64.3 Å². The van der Waals surface area contributed by atoms with E-state index in [4.69, 9.17) is 4.74 Å². The third kappa shape index (κ3) is 4.45. The SMILES string of the molecule is COc1ccccc1-n1nc(C(=O)Nc2ccc(S(=O)(=O)N3CCCC3)cc2)c(O)cc1=O. The van der Waals surface area contributed by atoms with Crippen LogP contribution in [0.2, 0.25) is 0 Å². The van der Waals surface area contributed by atoms with E-state index in [1.165, 1.54) is 35.7 Å². The Bertz CT molecular complexity index is 1350. The largest absolute Gasteiger partial charge is 0.505 e. The van der Waals surface area contributed by atoms with Crippen molar-refractivity contribution < 1.29 is 23.1 Å². The Kier molecular flexibility index (Phi) is 6.16. The van der Waals surface area contributed by atoms with E-state index in [9.17, 15) is 23.1 Å². The van der Waals surface area contributed by atoms with Crippen LogP contribution in [0.3, 0.4) is 0 Å². The molecule has 1 aliphatic heterocycles. The number of aromatic hydroxyl groups is 1. The number of methoxy groups -OCH3 is 1. The molecule has 1 amide bonds. The quantitative estimate of drug-likeness (QED) is 0.563. The molecular formula is C22H22N4O6S. The molecule has 0 unspecified atom stereocenters. The fourth-order valence-corrected chi connectivity index (χ4v) is 5.08. The van der Waals surface area contributed by atoms with E-state index in [1.54, 1.807) is 24.3 Å². The number of hydrogen-bond acceptors (Lipinski definition) is 7. The molecule has 0 atom stereocenters. The number of ether oxygens (including phenoxy) is 1. The summed E-state index contributed by atoms with van der Waals surface area (Å²) in [5.74, 6) is -0.998. The molecule has 2 aromatic carbocycles. The first kappa shape index (κ1) is 22.5. The summed E-state index contributed by atoms with van der Waals surface area (Å²) in [6.45, 7) is 0.987. The van der Waals surface area contributed by atoms with Crippen LogP contribution in [0.1, 0.15) is 23.3 Å². The van der Waals surface area contributed by atoms with Gasteiger partial charge in [0, 0.05) is 24.8 Å². The predicted molar refractivity (Wildman–Crippen MR) is 120 cm³/mol. The Labute approximate surface area is 190 Å². The number of sulfonamides is 1. The highest BCUT2D eigenvalue weighted by atomic mass is 32.2. The fourth-order valence-electron chi connectivity index (χ4n) is 3.56. The van der Waals surface area contributed by atoms with Crippen LogP contribution in [0, 0.1) is 0 Å². The van der Waals surface area contributed by atoms with Crippen LogP contribution in [-0.2, 0) is 10.0 Å². The van der Waals surface area contributed by atoms with E-state index < -0.39 is 27.2 Å². The summed E-state index contributed by atoms with van der Waals surface area (Å²) >= 11 is 0. The highest BCUT2D eigenvalue weighted by Gasteiger charge is 2.27. The van der Waals surface area contributed by atoms with Gasteiger partial charge in [0.25, 0.3) is 11.5 Å². The number of carbonyl (C=O) groups excluding carboxylic acids is 1. The highest BCUT2D eigenvalue weighted by Crippen LogP contribution is 2.24. The molecule has 10 nitrogen and oxygen atoms in total. The number of benzene rings is 2. The minimum atomic E-state index is -3.57. The maximum atomic E-state index is 12.8. The average molecular weight is 471 g/mol. The second-order valence-corrected chi connectivity index (χ2v) is 9.33. The van der Waals surface area contributed by atoms with Crippen molar-refractivity contribution in [1.82, 2.24) is 14.1 Å². The first-order chi connectivity index (χ1) is 15.8. The number of nitrogens with one attached hydrogen (secondary N) is 1. The van der Waals surface area contributed by atoms with Crippen LogP contribution in [0.4, 0.5) is 5.69 Å². The van der Waals surface area contributed by atoms with Crippen molar-refractivity contribution in [2.75, 3.05) is 25.5 Å². The van der Waals surface area contributed by atoms with Crippen molar-refractivity contribution >= 4 is 21.6 Å². The van der Waals surface area contributed by atoms with Gasteiger partial charge < -0.3 is 15.2 Å². The molecule has 172 valence electrons. The molecule has 0 bridgehead atoms. The molecule has 0 aliphatic carbocycles. The summed E-state index contributed by atoms with van der Waals surface area (Å²) in [4.78, 5) is 25.3. The van der Waals surface area contributed by atoms with Gasteiger partial charge in [-0.15, -0.1) is 0 Å². The molecule has 1 aromatic heterocycles. The molecule has 1 fully saturated rings. The average Bonchev–Trinajstić information content (AvgIpc) is 3.35. The number of carbonyl (C=O) groups is 1. The predicted octanol–water partition coefficient (Wildman–Crippen LogP) is 1.98. The van der Waals surface area contributed by atoms with Gasteiger partial charge >= 0.3 is 0 Å².